The first kappa shape index (κ1) is 47.3. The van der Waals surface area contributed by atoms with Gasteiger partial charge in [-0.3, -0.25) is 34.2 Å². The Morgan fingerprint density at radius 2 is 1.16 bits per heavy atom. The second-order valence-corrected chi connectivity index (χ2v) is 17.8. The monoisotopic (exact) mass is 920 g/mol. The summed E-state index contributed by atoms with van der Waals surface area (Å²) in [5.41, 5.74) is 9.60. The number of piperazine rings is 2. The Morgan fingerprint density at radius 1 is 0.661 bits per heavy atom. The maximum Gasteiger partial charge on any atom is 0.272 e. The molecule has 0 radical (unpaired) electrons. The van der Waals surface area contributed by atoms with Crippen molar-refractivity contribution < 1.29 is 19.2 Å². The highest BCUT2D eigenvalue weighted by molar-refractivity contribution is 6.36. The van der Waals surface area contributed by atoms with Crippen molar-refractivity contribution in [3.8, 4) is 0 Å². The summed E-state index contributed by atoms with van der Waals surface area (Å²) in [4.78, 5) is 67.9. The molecule has 4 aliphatic rings. The summed E-state index contributed by atoms with van der Waals surface area (Å²) >= 11 is 23.3. The number of nitrogens with zero attached hydrogens (tertiary/aromatic N) is 7. The van der Waals surface area contributed by atoms with Crippen molar-refractivity contribution in [2.45, 2.75) is 51.5 Å². The number of amides is 2. The summed E-state index contributed by atoms with van der Waals surface area (Å²) in [5.74, 6) is 1.94. The van der Waals surface area contributed by atoms with Crippen LogP contribution in [0.25, 0.3) is 0 Å². The number of rotatable bonds is 13. The zero-order valence-corrected chi connectivity index (χ0v) is 37.7. The second-order valence-electron chi connectivity index (χ2n) is 16.1. The molecule has 2 aromatic heterocycles. The van der Waals surface area contributed by atoms with Crippen LogP contribution in [0.3, 0.4) is 0 Å². The standard InChI is InChI=1S/C24H27Cl2N3O2.C15H22N4O.C7H3Cl2NO/c25-20-6-5-19(22(26)14-20)13-21(30)7-3-17-4-8-23(27-15-17)24(31)29-11-9-28(10-12-29)16-18-1-2-18;16-9-13-3-4-14(17-10-13)15(20)19-7-5-18(6-8-19)11-12-1-2-12;8-5-1-2-7(10-4-11)6(9)3-5/h4-6,8,14-15,18H,1-3,7,9-13,16H2;3-4,10,12H,1-2,5-9,11,16H2;1-3H. The molecule has 2 N–H and O–H groups in total. The average Bonchev–Trinajstić information content (AvgIpc) is 4.24. The van der Waals surface area contributed by atoms with Crippen LogP contribution in [0.2, 0.25) is 20.1 Å². The number of ketones is 1. The van der Waals surface area contributed by atoms with E-state index in [0.29, 0.717) is 56.6 Å². The lowest BCUT2D eigenvalue weighted by Gasteiger charge is -2.34. The number of benzene rings is 2. The summed E-state index contributed by atoms with van der Waals surface area (Å²) in [5, 5.41) is 1.93. The van der Waals surface area contributed by atoms with Crippen LogP contribution in [0.5, 0.6) is 0 Å². The normalized spacial score (nSPS) is 16.6. The van der Waals surface area contributed by atoms with Crippen molar-refractivity contribution in [2.75, 3.05) is 65.4 Å². The van der Waals surface area contributed by atoms with Gasteiger partial charge in [0.25, 0.3) is 11.8 Å². The van der Waals surface area contributed by atoms with E-state index in [-0.39, 0.29) is 24.0 Å². The zero-order chi connectivity index (χ0) is 44.0. The number of Topliss-reactive ketones (excluding diaryl/α,β-unsaturated/α-hetero) is 1. The number of isocyanates is 1. The fourth-order valence-electron chi connectivity index (χ4n) is 7.16. The van der Waals surface area contributed by atoms with Crippen LogP contribution in [-0.2, 0) is 29.0 Å². The molecule has 2 aliphatic carbocycles. The van der Waals surface area contributed by atoms with Gasteiger partial charge in [-0.25, -0.2) is 4.79 Å². The molecule has 0 unspecified atom stereocenters. The van der Waals surface area contributed by atoms with Crippen molar-refractivity contribution in [3.63, 3.8) is 0 Å². The van der Waals surface area contributed by atoms with E-state index in [1.54, 1.807) is 54.9 Å². The molecule has 2 saturated heterocycles. The van der Waals surface area contributed by atoms with Crippen molar-refractivity contribution in [1.82, 2.24) is 29.6 Å². The van der Waals surface area contributed by atoms with Gasteiger partial charge >= 0.3 is 0 Å². The van der Waals surface area contributed by atoms with Gasteiger partial charge in [-0.1, -0.05) is 64.6 Å². The van der Waals surface area contributed by atoms with E-state index in [1.165, 1.54) is 50.9 Å². The second kappa shape index (κ2) is 23.5. The number of hydrogen-bond donors (Lipinski definition) is 1. The Hall–Kier alpha value is -4.23. The molecular formula is C46H52Cl4N8O4. The van der Waals surface area contributed by atoms with Crippen molar-refractivity contribution in [1.29, 1.82) is 0 Å². The predicted octanol–water partition coefficient (Wildman–Crippen LogP) is 7.97. The van der Waals surface area contributed by atoms with Gasteiger partial charge in [0.2, 0.25) is 6.08 Å². The van der Waals surface area contributed by atoms with E-state index in [9.17, 15) is 19.2 Å². The topological polar surface area (TPSA) is 145 Å². The maximum absolute atomic E-state index is 12.7. The van der Waals surface area contributed by atoms with Crippen LogP contribution in [0.15, 0.2) is 78.0 Å². The van der Waals surface area contributed by atoms with Crippen LogP contribution in [0.4, 0.5) is 5.69 Å². The molecule has 2 amide bonds. The largest absolute Gasteiger partial charge is 0.335 e. The fraction of sp³-hybridized carbons (Fsp3) is 0.435. The first-order valence-electron chi connectivity index (χ1n) is 21.1. The molecule has 2 aliphatic heterocycles. The van der Waals surface area contributed by atoms with Gasteiger partial charge in [-0.15, -0.1) is 0 Å². The van der Waals surface area contributed by atoms with Gasteiger partial charge in [0.05, 0.1) is 10.7 Å². The van der Waals surface area contributed by atoms with Crippen LogP contribution >= 0.6 is 46.4 Å². The molecule has 4 fully saturated rings. The summed E-state index contributed by atoms with van der Waals surface area (Å²) in [6.07, 6.45) is 11.5. The highest BCUT2D eigenvalue weighted by Gasteiger charge is 2.29. The molecule has 2 saturated carbocycles. The number of hydrogen-bond acceptors (Lipinski definition) is 10. The number of aryl methyl sites for hydroxylation is 1. The van der Waals surface area contributed by atoms with E-state index in [0.717, 1.165) is 80.9 Å². The lowest BCUT2D eigenvalue weighted by atomic mass is 10.0. The Kier molecular flexibility index (Phi) is 17.9. The molecule has 8 rings (SSSR count). The molecule has 4 heterocycles. The average molecular weight is 923 g/mol. The van der Waals surface area contributed by atoms with E-state index in [4.69, 9.17) is 52.1 Å². The Balaban J connectivity index is 0.000000176. The molecule has 4 aromatic rings. The molecule has 328 valence electrons. The summed E-state index contributed by atoms with van der Waals surface area (Å²) in [7, 11) is 0. The number of pyridine rings is 2. The number of carbonyl (C=O) groups excluding carboxylic acids is 4. The van der Waals surface area contributed by atoms with E-state index in [1.807, 2.05) is 21.9 Å². The van der Waals surface area contributed by atoms with Crippen LogP contribution < -0.4 is 5.73 Å². The van der Waals surface area contributed by atoms with Crippen molar-refractivity contribution >= 4 is 75.8 Å². The third-order valence-electron chi connectivity index (χ3n) is 11.2. The number of halogens is 4. The Morgan fingerprint density at radius 3 is 1.60 bits per heavy atom. The minimum Gasteiger partial charge on any atom is -0.335 e. The summed E-state index contributed by atoms with van der Waals surface area (Å²) in [6.45, 7) is 9.86. The quantitative estimate of drug-likeness (QED) is 0.104. The molecule has 16 heteroatoms. The molecule has 62 heavy (non-hydrogen) atoms. The maximum atomic E-state index is 12.7. The number of carbonyl (C=O) groups is 3. The number of aromatic nitrogens is 2. The van der Waals surface area contributed by atoms with E-state index >= 15 is 0 Å². The number of aliphatic imine (C=N–C) groups is 1. The van der Waals surface area contributed by atoms with Crippen LogP contribution in [0.1, 0.15) is 69.8 Å². The molecule has 0 bridgehead atoms. The third-order valence-corrected chi connectivity index (χ3v) is 12.4. The van der Waals surface area contributed by atoms with Crippen LogP contribution in [0, 0.1) is 11.8 Å². The minimum absolute atomic E-state index is 0.00826. The van der Waals surface area contributed by atoms with Gasteiger partial charge in [0.1, 0.15) is 17.2 Å². The smallest absolute Gasteiger partial charge is 0.272 e. The third kappa shape index (κ3) is 15.0. The van der Waals surface area contributed by atoms with Gasteiger partial charge in [-0.05, 0) is 103 Å². The van der Waals surface area contributed by atoms with Gasteiger partial charge in [0.15, 0.2) is 0 Å². The van der Waals surface area contributed by atoms with Gasteiger partial charge < -0.3 is 15.5 Å². The Labute approximate surface area is 383 Å². The molecule has 0 spiro atoms. The molecule has 12 nitrogen and oxygen atoms in total. The SMILES string of the molecule is NCc1ccc(C(=O)N2CCN(CC3CC3)CC2)nc1.O=C(CCc1ccc(C(=O)N2CCN(CC3CC3)CC2)nc1)Cc1ccc(Cl)cc1Cl.O=C=Nc1ccc(Cl)cc1Cl. The predicted molar refractivity (Wildman–Crippen MR) is 244 cm³/mol. The number of nitrogens with two attached hydrogens (primary N) is 1. The van der Waals surface area contributed by atoms with Gasteiger partial charge in [0, 0.05) is 112 Å². The highest BCUT2D eigenvalue weighted by atomic mass is 35.5. The molecular weight excluding hydrogens is 870 g/mol. The summed E-state index contributed by atoms with van der Waals surface area (Å²) in [6, 6.07) is 17.2. The molecule has 0 atom stereocenters. The lowest BCUT2D eigenvalue weighted by molar-refractivity contribution is -0.118. The zero-order valence-electron chi connectivity index (χ0n) is 34.7. The minimum atomic E-state index is -0.00826. The first-order chi connectivity index (χ1) is 30.0. The Bertz CT molecular complexity index is 2180. The van der Waals surface area contributed by atoms with Gasteiger partial charge in [-0.2, -0.15) is 4.99 Å². The van der Waals surface area contributed by atoms with Crippen LogP contribution in [-0.4, -0.2) is 119 Å². The highest BCUT2D eigenvalue weighted by Crippen LogP contribution is 2.31. The fourth-order valence-corrected chi connectivity index (χ4v) is 8.09. The summed E-state index contributed by atoms with van der Waals surface area (Å²) < 4.78 is 0. The lowest BCUT2D eigenvalue weighted by Crippen LogP contribution is -2.49. The van der Waals surface area contributed by atoms with Crippen molar-refractivity contribution in [2.24, 2.45) is 22.6 Å². The molecule has 2 aromatic carbocycles. The van der Waals surface area contributed by atoms with E-state index < -0.39 is 0 Å². The first-order valence-corrected chi connectivity index (χ1v) is 22.6. The van der Waals surface area contributed by atoms with E-state index in [2.05, 4.69) is 24.8 Å². The van der Waals surface area contributed by atoms with Crippen molar-refractivity contribution in [3.05, 3.63) is 121 Å².